The van der Waals surface area contributed by atoms with Gasteiger partial charge in [-0.2, -0.15) is 8.78 Å². The standard InChI is InChI=1S/C4Cl3F5S/c5-1(8)2(6,9)4(11,12)13-3(1,7)10. The van der Waals surface area contributed by atoms with E-state index in [0.29, 0.717) is 0 Å². The van der Waals surface area contributed by atoms with Crippen molar-refractivity contribution in [3.8, 4) is 0 Å². The minimum Gasteiger partial charge on any atom is -0.215 e. The van der Waals surface area contributed by atoms with E-state index in [-0.39, 0.29) is 0 Å². The first-order chi connectivity index (χ1) is 5.46. The van der Waals surface area contributed by atoms with E-state index in [9.17, 15) is 22.0 Å². The number of hydrogen-bond donors (Lipinski definition) is 0. The summed E-state index contributed by atoms with van der Waals surface area (Å²) in [4.78, 5) is 0. The highest BCUT2D eigenvalue weighted by Gasteiger charge is 2.85. The van der Waals surface area contributed by atoms with E-state index in [1.807, 2.05) is 0 Å². The molecule has 1 saturated heterocycles. The lowest BCUT2D eigenvalue weighted by atomic mass is 10.2. The molecule has 3 atom stereocenters. The first-order valence-electron chi connectivity index (χ1n) is 2.67. The Balaban J connectivity index is 3.24. The summed E-state index contributed by atoms with van der Waals surface area (Å²) < 4.78 is 59.8. The Bertz CT molecular complexity index is 216. The molecule has 1 aliphatic heterocycles. The van der Waals surface area contributed by atoms with Gasteiger partial charge in [-0.3, -0.25) is 0 Å². The first-order valence-corrected chi connectivity index (χ1v) is 4.62. The van der Waals surface area contributed by atoms with E-state index >= 15 is 0 Å². The van der Waals surface area contributed by atoms with Crippen molar-refractivity contribution in [1.82, 2.24) is 0 Å². The molecule has 1 aliphatic rings. The van der Waals surface area contributed by atoms with Crippen molar-refractivity contribution in [2.45, 2.75) is 20.0 Å². The number of alkyl halides is 8. The highest BCUT2D eigenvalue weighted by atomic mass is 35.5. The zero-order chi connectivity index (χ0) is 10.7. The molecule has 0 saturated carbocycles. The third kappa shape index (κ3) is 1.33. The topological polar surface area (TPSA) is 0 Å². The molecule has 0 radical (unpaired) electrons. The fourth-order valence-electron chi connectivity index (χ4n) is 0.655. The van der Waals surface area contributed by atoms with Crippen LogP contribution in [0.5, 0.6) is 0 Å². The van der Waals surface area contributed by atoms with Crippen LogP contribution in [-0.2, 0) is 0 Å². The Hall–Kier alpha value is 0.870. The number of rotatable bonds is 0. The Morgan fingerprint density at radius 1 is 0.769 bits per heavy atom. The molecule has 0 amide bonds. The summed E-state index contributed by atoms with van der Waals surface area (Å²) in [5, 5.41) is -13.1. The van der Waals surface area contributed by atoms with E-state index in [1.54, 1.807) is 0 Å². The molecule has 0 bridgehead atoms. The predicted molar refractivity (Wildman–Crippen MR) is 41.6 cm³/mol. The Labute approximate surface area is 88.7 Å². The Morgan fingerprint density at radius 3 is 1.23 bits per heavy atom. The van der Waals surface area contributed by atoms with Gasteiger partial charge in [0.1, 0.15) is 0 Å². The monoisotopic (exact) mass is 280 g/mol. The van der Waals surface area contributed by atoms with Gasteiger partial charge in [0.25, 0.3) is 9.59 Å². The van der Waals surface area contributed by atoms with Gasteiger partial charge in [0, 0.05) is 0 Å². The highest BCUT2D eigenvalue weighted by Crippen LogP contribution is 2.71. The molecule has 78 valence electrons. The SMILES string of the molecule is FC1(F)SC(F)(Cl)C(F)(Cl)C1(F)Cl. The fraction of sp³-hybridized carbons (Fsp3) is 1.00. The summed E-state index contributed by atoms with van der Waals surface area (Å²) in [6.07, 6.45) is 0. The van der Waals surface area contributed by atoms with Crippen LogP contribution in [0.4, 0.5) is 22.0 Å². The molecule has 0 aromatic rings. The summed E-state index contributed by atoms with van der Waals surface area (Å²) >= 11 is 12.5. The maximum atomic E-state index is 12.9. The van der Waals surface area contributed by atoms with Crippen LogP contribution in [0.15, 0.2) is 0 Å². The molecule has 0 spiro atoms. The molecule has 0 aliphatic carbocycles. The molecule has 0 nitrogen and oxygen atoms in total. The molecular formula is C4Cl3F5S. The third-order valence-electron chi connectivity index (χ3n) is 1.38. The summed E-state index contributed by atoms with van der Waals surface area (Å²) in [6, 6.07) is 0. The van der Waals surface area contributed by atoms with Crippen LogP contribution in [-0.4, -0.2) is 20.0 Å². The molecule has 0 aromatic heterocycles. The lowest BCUT2D eigenvalue weighted by Crippen LogP contribution is -2.48. The van der Waals surface area contributed by atoms with E-state index in [4.69, 9.17) is 0 Å². The minimum absolute atomic E-state index is 1.11. The maximum Gasteiger partial charge on any atom is 0.350 e. The van der Waals surface area contributed by atoms with Crippen molar-refractivity contribution < 1.29 is 22.0 Å². The second-order valence-corrected chi connectivity index (χ2v) is 5.35. The second kappa shape index (κ2) is 2.71. The van der Waals surface area contributed by atoms with Crippen molar-refractivity contribution in [3.63, 3.8) is 0 Å². The summed E-state index contributed by atoms with van der Waals surface area (Å²) in [5.41, 5.74) is 0. The van der Waals surface area contributed by atoms with E-state index in [0.717, 1.165) is 0 Å². The molecule has 0 aromatic carbocycles. The lowest BCUT2D eigenvalue weighted by Gasteiger charge is -2.26. The van der Waals surface area contributed by atoms with Crippen LogP contribution in [0.2, 0.25) is 0 Å². The van der Waals surface area contributed by atoms with Crippen LogP contribution in [0.1, 0.15) is 0 Å². The largest absolute Gasteiger partial charge is 0.350 e. The predicted octanol–water partition coefficient (Wildman–Crippen LogP) is 4.00. The fourth-order valence-corrected chi connectivity index (χ4v) is 2.58. The van der Waals surface area contributed by atoms with Gasteiger partial charge in [-0.1, -0.05) is 34.8 Å². The van der Waals surface area contributed by atoms with Gasteiger partial charge in [0.15, 0.2) is 0 Å². The van der Waals surface area contributed by atoms with Gasteiger partial charge in [0.05, 0.1) is 0 Å². The van der Waals surface area contributed by atoms with Crippen LogP contribution >= 0.6 is 46.6 Å². The quantitative estimate of drug-likeness (QED) is 0.478. The van der Waals surface area contributed by atoms with Gasteiger partial charge in [0.2, 0.25) is 0 Å². The Morgan fingerprint density at radius 2 is 1.15 bits per heavy atom. The normalized spacial score (nSPS) is 55.4. The van der Waals surface area contributed by atoms with Crippen LogP contribution in [0, 0.1) is 0 Å². The molecule has 3 unspecified atom stereocenters. The van der Waals surface area contributed by atoms with Gasteiger partial charge in [-0.05, 0) is 11.8 Å². The smallest absolute Gasteiger partial charge is 0.215 e. The zero-order valence-electron chi connectivity index (χ0n) is 5.43. The van der Waals surface area contributed by atoms with Crippen LogP contribution in [0.3, 0.4) is 0 Å². The third-order valence-corrected chi connectivity index (χ3v) is 4.39. The van der Waals surface area contributed by atoms with E-state index in [2.05, 4.69) is 34.8 Å². The van der Waals surface area contributed by atoms with Crippen molar-refractivity contribution in [1.29, 1.82) is 0 Å². The van der Waals surface area contributed by atoms with Crippen molar-refractivity contribution >= 4 is 46.6 Å². The number of thioether (sulfide) groups is 1. The number of hydrogen-bond acceptors (Lipinski definition) is 1. The summed E-state index contributed by atoms with van der Waals surface area (Å²) in [5.74, 6) is 0. The zero-order valence-corrected chi connectivity index (χ0v) is 8.52. The highest BCUT2D eigenvalue weighted by molar-refractivity contribution is 8.03. The van der Waals surface area contributed by atoms with Gasteiger partial charge in [-0.15, -0.1) is 0 Å². The molecule has 9 heteroatoms. The molecule has 0 N–H and O–H groups in total. The average molecular weight is 281 g/mol. The van der Waals surface area contributed by atoms with Gasteiger partial charge < -0.3 is 0 Å². The summed E-state index contributed by atoms with van der Waals surface area (Å²) in [6.45, 7) is 0. The van der Waals surface area contributed by atoms with Crippen molar-refractivity contribution in [2.75, 3.05) is 0 Å². The maximum absolute atomic E-state index is 12.9. The minimum atomic E-state index is -4.54. The molecule has 1 heterocycles. The molecule has 1 fully saturated rings. The van der Waals surface area contributed by atoms with E-state index < -0.39 is 31.7 Å². The Kier molecular flexibility index (Phi) is 2.49. The average Bonchev–Trinajstić information content (AvgIpc) is 1.88. The van der Waals surface area contributed by atoms with Crippen molar-refractivity contribution in [2.24, 2.45) is 0 Å². The van der Waals surface area contributed by atoms with Crippen molar-refractivity contribution in [3.05, 3.63) is 0 Å². The molecule has 1 rings (SSSR count). The summed E-state index contributed by atoms with van der Waals surface area (Å²) in [7, 11) is 0. The van der Waals surface area contributed by atoms with Crippen LogP contribution in [0.25, 0.3) is 0 Å². The second-order valence-electron chi connectivity index (χ2n) is 2.28. The molecular weight excluding hydrogens is 281 g/mol. The number of halogens is 8. The lowest BCUT2D eigenvalue weighted by molar-refractivity contribution is -0.0643. The van der Waals surface area contributed by atoms with Gasteiger partial charge >= 0.3 is 10.4 Å². The van der Waals surface area contributed by atoms with E-state index in [1.165, 1.54) is 0 Å². The first kappa shape index (κ1) is 11.9. The van der Waals surface area contributed by atoms with Gasteiger partial charge in [-0.25, -0.2) is 13.2 Å². The molecule has 13 heavy (non-hydrogen) atoms. The van der Waals surface area contributed by atoms with Crippen LogP contribution < -0.4 is 0 Å².